The van der Waals surface area contributed by atoms with E-state index < -0.39 is 0 Å². The minimum absolute atomic E-state index is 0.188. The third kappa shape index (κ3) is 2.44. The molecule has 1 rings (SSSR count). The maximum atomic E-state index is 13.2. The zero-order valence-electron chi connectivity index (χ0n) is 8.10. The molecule has 1 aromatic rings. The lowest BCUT2D eigenvalue weighted by atomic mass is 10.1. The molecule has 0 heterocycles. The SMILES string of the molecule is CCCCc1cc(O)c(C)cc1F. The molecule has 0 radical (unpaired) electrons. The Balaban J connectivity index is 2.88. The number of unbranched alkanes of at least 4 members (excludes halogenated alkanes) is 1. The van der Waals surface area contributed by atoms with E-state index in [0.29, 0.717) is 17.5 Å². The number of benzene rings is 1. The van der Waals surface area contributed by atoms with E-state index in [1.54, 1.807) is 6.92 Å². The van der Waals surface area contributed by atoms with Crippen LogP contribution >= 0.6 is 0 Å². The van der Waals surface area contributed by atoms with E-state index in [2.05, 4.69) is 6.92 Å². The summed E-state index contributed by atoms with van der Waals surface area (Å²) < 4.78 is 13.2. The third-order valence-electron chi connectivity index (χ3n) is 2.16. The van der Waals surface area contributed by atoms with Crippen molar-refractivity contribution in [3.63, 3.8) is 0 Å². The zero-order valence-corrected chi connectivity index (χ0v) is 8.10. The van der Waals surface area contributed by atoms with Crippen molar-refractivity contribution >= 4 is 0 Å². The maximum absolute atomic E-state index is 13.2. The summed E-state index contributed by atoms with van der Waals surface area (Å²) in [7, 11) is 0. The Labute approximate surface area is 78.2 Å². The molecule has 0 spiro atoms. The monoisotopic (exact) mass is 182 g/mol. The Morgan fingerprint density at radius 1 is 1.38 bits per heavy atom. The Bertz CT molecular complexity index is 294. The molecule has 0 amide bonds. The summed E-state index contributed by atoms with van der Waals surface area (Å²) in [5.41, 5.74) is 1.21. The van der Waals surface area contributed by atoms with Gasteiger partial charge in [0, 0.05) is 0 Å². The molecular weight excluding hydrogens is 167 g/mol. The molecule has 0 fully saturated rings. The first kappa shape index (κ1) is 10.0. The molecule has 0 atom stereocenters. The van der Waals surface area contributed by atoms with Crippen LogP contribution in [0.3, 0.4) is 0 Å². The molecule has 72 valence electrons. The topological polar surface area (TPSA) is 20.2 Å². The zero-order chi connectivity index (χ0) is 9.84. The standard InChI is InChI=1S/C11H15FO/c1-3-4-5-9-7-11(13)8(2)6-10(9)12/h6-7,13H,3-5H2,1-2H3. The lowest BCUT2D eigenvalue weighted by molar-refractivity contribution is 0.466. The van der Waals surface area contributed by atoms with Crippen molar-refractivity contribution in [2.45, 2.75) is 33.1 Å². The van der Waals surface area contributed by atoms with Crippen LogP contribution in [0.2, 0.25) is 0 Å². The smallest absolute Gasteiger partial charge is 0.126 e. The van der Waals surface area contributed by atoms with Crippen LogP contribution in [0, 0.1) is 12.7 Å². The van der Waals surface area contributed by atoms with Crippen LogP contribution in [0.15, 0.2) is 12.1 Å². The molecule has 0 saturated heterocycles. The average molecular weight is 182 g/mol. The largest absolute Gasteiger partial charge is 0.508 e. The van der Waals surface area contributed by atoms with Gasteiger partial charge in [0.25, 0.3) is 0 Å². The van der Waals surface area contributed by atoms with Crippen molar-refractivity contribution in [3.8, 4) is 5.75 Å². The van der Waals surface area contributed by atoms with Crippen molar-refractivity contribution in [3.05, 3.63) is 29.1 Å². The molecule has 1 N–H and O–H groups in total. The van der Waals surface area contributed by atoms with E-state index in [1.807, 2.05) is 0 Å². The first-order valence-corrected chi connectivity index (χ1v) is 4.63. The number of phenolic OH excluding ortho intramolecular Hbond substituents is 1. The second kappa shape index (κ2) is 4.26. The van der Waals surface area contributed by atoms with E-state index >= 15 is 0 Å². The van der Waals surface area contributed by atoms with Crippen LogP contribution in [0.1, 0.15) is 30.9 Å². The fourth-order valence-corrected chi connectivity index (χ4v) is 1.26. The summed E-state index contributed by atoms with van der Waals surface area (Å²) in [5, 5.41) is 9.36. The summed E-state index contributed by atoms with van der Waals surface area (Å²) in [5.74, 6) is -0.0174. The number of hydrogen-bond donors (Lipinski definition) is 1. The van der Waals surface area contributed by atoms with Crippen molar-refractivity contribution in [1.82, 2.24) is 0 Å². The lowest BCUT2D eigenvalue weighted by Gasteiger charge is -2.05. The molecule has 0 unspecified atom stereocenters. The fraction of sp³-hybridized carbons (Fsp3) is 0.455. The third-order valence-corrected chi connectivity index (χ3v) is 2.16. The minimum Gasteiger partial charge on any atom is -0.508 e. The molecule has 0 saturated carbocycles. The van der Waals surface area contributed by atoms with Gasteiger partial charge in [0.2, 0.25) is 0 Å². The Morgan fingerprint density at radius 3 is 2.69 bits per heavy atom. The van der Waals surface area contributed by atoms with E-state index in [4.69, 9.17) is 0 Å². The quantitative estimate of drug-likeness (QED) is 0.761. The van der Waals surface area contributed by atoms with Crippen LogP contribution in [-0.2, 0) is 6.42 Å². The highest BCUT2D eigenvalue weighted by Crippen LogP contribution is 2.21. The van der Waals surface area contributed by atoms with Crippen LogP contribution in [-0.4, -0.2) is 5.11 Å². The number of rotatable bonds is 3. The molecule has 0 aromatic heterocycles. The van der Waals surface area contributed by atoms with Gasteiger partial charge >= 0.3 is 0 Å². The molecule has 2 heteroatoms. The molecule has 13 heavy (non-hydrogen) atoms. The van der Waals surface area contributed by atoms with Crippen LogP contribution in [0.25, 0.3) is 0 Å². The predicted octanol–water partition coefficient (Wildman–Crippen LogP) is 3.18. The summed E-state index contributed by atoms with van der Waals surface area (Å²) in [6.07, 6.45) is 2.70. The Kier molecular flexibility index (Phi) is 3.29. The second-order valence-corrected chi connectivity index (χ2v) is 3.33. The van der Waals surface area contributed by atoms with Gasteiger partial charge in [-0.25, -0.2) is 4.39 Å². The van der Waals surface area contributed by atoms with E-state index in [-0.39, 0.29) is 11.6 Å². The maximum Gasteiger partial charge on any atom is 0.126 e. The molecule has 1 aromatic carbocycles. The second-order valence-electron chi connectivity index (χ2n) is 3.33. The fourth-order valence-electron chi connectivity index (χ4n) is 1.26. The van der Waals surface area contributed by atoms with Gasteiger partial charge in [-0.15, -0.1) is 0 Å². The van der Waals surface area contributed by atoms with E-state index in [1.165, 1.54) is 12.1 Å². The van der Waals surface area contributed by atoms with Gasteiger partial charge in [0.1, 0.15) is 11.6 Å². The molecule has 1 nitrogen and oxygen atoms in total. The van der Waals surface area contributed by atoms with Crippen molar-refractivity contribution in [2.24, 2.45) is 0 Å². The molecular formula is C11H15FO. The summed E-state index contributed by atoms with van der Waals surface area (Å²) in [6, 6.07) is 2.92. The van der Waals surface area contributed by atoms with E-state index in [9.17, 15) is 9.50 Å². The van der Waals surface area contributed by atoms with Gasteiger partial charge < -0.3 is 5.11 Å². The average Bonchev–Trinajstić information content (AvgIpc) is 2.09. The first-order valence-electron chi connectivity index (χ1n) is 4.63. The summed E-state index contributed by atoms with van der Waals surface area (Å²) in [4.78, 5) is 0. The van der Waals surface area contributed by atoms with Crippen LogP contribution < -0.4 is 0 Å². The highest BCUT2D eigenvalue weighted by molar-refractivity contribution is 5.36. The lowest BCUT2D eigenvalue weighted by Crippen LogP contribution is -1.91. The number of halogens is 1. The minimum atomic E-state index is -0.205. The normalized spacial score (nSPS) is 10.4. The van der Waals surface area contributed by atoms with Gasteiger partial charge in [0.15, 0.2) is 0 Å². The van der Waals surface area contributed by atoms with Crippen molar-refractivity contribution in [1.29, 1.82) is 0 Å². The van der Waals surface area contributed by atoms with Crippen molar-refractivity contribution in [2.75, 3.05) is 0 Å². The number of aryl methyl sites for hydroxylation is 2. The molecule has 0 aliphatic carbocycles. The van der Waals surface area contributed by atoms with Gasteiger partial charge in [-0.2, -0.15) is 0 Å². The Hall–Kier alpha value is -1.05. The van der Waals surface area contributed by atoms with E-state index in [0.717, 1.165) is 12.8 Å². The van der Waals surface area contributed by atoms with Crippen molar-refractivity contribution < 1.29 is 9.50 Å². The predicted molar refractivity (Wildman–Crippen MR) is 51.4 cm³/mol. The van der Waals surface area contributed by atoms with Gasteiger partial charge in [-0.3, -0.25) is 0 Å². The highest BCUT2D eigenvalue weighted by atomic mass is 19.1. The van der Waals surface area contributed by atoms with Crippen LogP contribution in [0.5, 0.6) is 5.75 Å². The van der Waals surface area contributed by atoms with Crippen LogP contribution in [0.4, 0.5) is 4.39 Å². The highest BCUT2D eigenvalue weighted by Gasteiger charge is 2.05. The van der Waals surface area contributed by atoms with Gasteiger partial charge in [-0.05, 0) is 43.0 Å². The number of phenols is 1. The Morgan fingerprint density at radius 2 is 2.08 bits per heavy atom. The van der Waals surface area contributed by atoms with Gasteiger partial charge in [-0.1, -0.05) is 13.3 Å². The molecule has 0 aliphatic rings. The molecule has 0 bridgehead atoms. The first-order chi connectivity index (χ1) is 6.15. The summed E-state index contributed by atoms with van der Waals surface area (Å²) >= 11 is 0. The molecule has 0 aliphatic heterocycles. The van der Waals surface area contributed by atoms with Gasteiger partial charge in [0.05, 0.1) is 0 Å². The summed E-state index contributed by atoms with van der Waals surface area (Å²) in [6.45, 7) is 3.76. The number of aromatic hydroxyl groups is 1. The number of hydrogen-bond acceptors (Lipinski definition) is 1.